The van der Waals surface area contributed by atoms with Crippen molar-refractivity contribution >= 4 is 34.9 Å². The summed E-state index contributed by atoms with van der Waals surface area (Å²) >= 11 is 11.5. The molecule has 0 aliphatic heterocycles. The highest BCUT2D eigenvalue weighted by Crippen LogP contribution is 2.20. The number of nitrogens with one attached hydrogen (secondary N) is 1. The van der Waals surface area contributed by atoms with Gasteiger partial charge in [-0.15, -0.1) is 0 Å². The monoisotopic (exact) mass is 310 g/mol. The molecule has 0 bridgehead atoms. The Morgan fingerprint density at radius 2 is 1.95 bits per heavy atom. The van der Waals surface area contributed by atoms with Crippen LogP contribution in [-0.4, -0.2) is 9.55 Å². The van der Waals surface area contributed by atoms with E-state index >= 15 is 0 Å². The van der Waals surface area contributed by atoms with Gasteiger partial charge in [0.2, 0.25) is 0 Å². The number of rotatable bonds is 7. The zero-order chi connectivity index (χ0) is 14.5. The van der Waals surface area contributed by atoms with E-state index in [2.05, 4.69) is 23.4 Å². The lowest BCUT2D eigenvalue weighted by atomic mass is 10.0. The first-order chi connectivity index (χ1) is 9.58. The third-order valence-electron chi connectivity index (χ3n) is 3.65. The average molecular weight is 311 g/mol. The minimum absolute atomic E-state index is 0.761. The zero-order valence-corrected chi connectivity index (χ0v) is 13.9. The van der Waals surface area contributed by atoms with Crippen LogP contribution in [0, 0.1) is 10.7 Å². The van der Waals surface area contributed by atoms with Gasteiger partial charge in [-0.2, -0.15) is 0 Å². The number of fused-ring (bicyclic) bond motifs is 1. The van der Waals surface area contributed by atoms with Crippen molar-refractivity contribution < 1.29 is 0 Å². The van der Waals surface area contributed by atoms with Crippen LogP contribution < -0.4 is 0 Å². The van der Waals surface area contributed by atoms with Crippen LogP contribution in [0.1, 0.15) is 46.0 Å². The molecule has 0 saturated carbocycles. The van der Waals surface area contributed by atoms with Crippen LogP contribution in [0.2, 0.25) is 5.02 Å². The third-order valence-corrected chi connectivity index (χ3v) is 4.21. The molecule has 0 aliphatic rings. The predicted octanol–water partition coefficient (Wildman–Crippen LogP) is 5.96. The number of halogens is 1. The molecule has 0 amide bonds. The first-order valence-electron chi connectivity index (χ1n) is 7.46. The molecule has 1 aromatic heterocycles. The van der Waals surface area contributed by atoms with Gasteiger partial charge in [0, 0.05) is 11.6 Å². The second-order valence-corrected chi connectivity index (χ2v) is 6.66. The number of hydrogen-bond donors (Lipinski definition) is 1. The lowest BCUT2D eigenvalue weighted by molar-refractivity contribution is 0.507. The maximum atomic E-state index is 6.07. The normalized spacial score (nSPS) is 11.6. The Morgan fingerprint density at radius 1 is 1.20 bits per heavy atom. The van der Waals surface area contributed by atoms with E-state index in [0.717, 1.165) is 33.3 Å². The maximum absolute atomic E-state index is 6.07. The van der Waals surface area contributed by atoms with Gasteiger partial charge in [-0.05, 0) is 42.8 Å². The van der Waals surface area contributed by atoms with Gasteiger partial charge in [0.25, 0.3) is 0 Å². The van der Waals surface area contributed by atoms with Crippen molar-refractivity contribution in [2.45, 2.75) is 52.5 Å². The number of aromatic nitrogens is 2. The number of nitrogens with zero attached hydrogens (tertiary/aromatic N) is 1. The molecule has 2 rings (SSSR count). The highest BCUT2D eigenvalue weighted by molar-refractivity contribution is 7.71. The zero-order valence-electron chi connectivity index (χ0n) is 12.3. The predicted molar refractivity (Wildman–Crippen MR) is 90.1 cm³/mol. The van der Waals surface area contributed by atoms with E-state index in [1.54, 1.807) is 0 Å². The van der Waals surface area contributed by atoms with Gasteiger partial charge in [0.15, 0.2) is 4.77 Å². The van der Waals surface area contributed by atoms with Crippen LogP contribution in [0.3, 0.4) is 0 Å². The molecule has 1 aromatic carbocycles. The van der Waals surface area contributed by atoms with E-state index < -0.39 is 0 Å². The molecule has 0 spiro atoms. The van der Waals surface area contributed by atoms with Gasteiger partial charge in [-0.1, -0.05) is 51.1 Å². The van der Waals surface area contributed by atoms with E-state index in [9.17, 15) is 0 Å². The average Bonchev–Trinajstić information content (AvgIpc) is 2.69. The van der Waals surface area contributed by atoms with Crippen LogP contribution in [0.25, 0.3) is 11.0 Å². The molecule has 2 aromatic rings. The van der Waals surface area contributed by atoms with Crippen molar-refractivity contribution in [2.75, 3.05) is 0 Å². The smallest absolute Gasteiger partial charge is 0.178 e. The standard InChI is InChI=1S/C16H23ClN2S/c1-12(2)7-5-3-4-6-10-19-15-11-13(17)8-9-14(15)18-16(19)20/h8-9,11-12H,3-7,10H2,1-2H3,(H,18,20). The van der Waals surface area contributed by atoms with Crippen molar-refractivity contribution in [2.24, 2.45) is 5.92 Å². The number of aryl methyl sites for hydroxylation is 1. The van der Waals surface area contributed by atoms with Gasteiger partial charge in [-0.3, -0.25) is 0 Å². The minimum Gasteiger partial charge on any atom is -0.331 e. The van der Waals surface area contributed by atoms with E-state index in [4.69, 9.17) is 23.8 Å². The number of H-pyrrole nitrogens is 1. The topological polar surface area (TPSA) is 20.7 Å². The Kier molecular flexibility index (Phi) is 5.67. The molecule has 0 radical (unpaired) electrons. The third kappa shape index (κ3) is 4.10. The van der Waals surface area contributed by atoms with Gasteiger partial charge in [0.05, 0.1) is 11.0 Å². The molecule has 1 N–H and O–H groups in total. The summed E-state index contributed by atoms with van der Waals surface area (Å²) in [5.41, 5.74) is 2.18. The Bertz CT molecular complexity index is 612. The number of imidazole rings is 1. The molecule has 1 heterocycles. The highest BCUT2D eigenvalue weighted by atomic mass is 35.5. The fourth-order valence-electron chi connectivity index (χ4n) is 2.52. The fraction of sp³-hybridized carbons (Fsp3) is 0.562. The summed E-state index contributed by atoms with van der Waals surface area (Å²) in [4.78, 5) is 3.24. The summed E-state index contributed by atoms with van der Waals surface area (Å²) < 4.78 is 2.96. The van der Waals surface area contributed by atoms with Gasteiger partial charge in [0.1, 0.15) is 0 Å². The number of benzene rings is 1. The minimum atomic E-state index is 0.761. The Morgan fingerprint density at radius 3 is 2.70 bits per heavy atom. The number of aromatic amines is 1. The molecule has 0 fully saturated rings. The lowest BCUT2D eigenvalue weighted by Gasteiger charge is -2.06. The van der Waals surface area contributed by atoms with Crippen LogP contribution in [0.4, 0.5) is 0 Å². The first kappa shape index (κ1) is 15.6. The number of hydrogen-bond acceptors (Lipinski definition) is 1. The molecule has 2 nitrogen and oxygen atoms in total. The van der Waals surface area contributed by atoms with Crippen LogP contribution in [0.15, 0.2) is 18.2 Å². The summed E-state index contributed by atoms with van der Waals surface area (Å²) in [6.07, 6.45) is 6.42. The highest BCUT2D eigenvalue weighted by Gasteiger charge is 2.04. The van der Waals surface area contributed by atoms with Crippen molar-refractivity contribution in [3.8, 4) is 0 Å². The largest absolute Gasteiger partial charge is 0.331 e. The van der Waals surface area contributed by atoms with Crippen LogP contribution in [-0.2, 0) is 6.54 Å². The molecular formula is C16H23ClN2S. The van der Waals surface area contributed by atoms with E-state index in [1.807, 2.05) is 18.2 Å². The second-order valence-electron chi connectivity index (χ2n) is 5.84. The molecule has 0 atom stereocenters. The van der Waals surface area contributed by atoms with E-state index in [-0.39, 0.29) is 0 Å². The van der Waals surface area contributed by atoms with E-state index in [0.29, 0.717) is 0 Å². The Hall–Kier alpha value is -0.800. The molecule has 4 heteroatoms. The maximum Gasteiger partial charge on any atom is 0.178 e. The number of unbranched alkanes of at least 4 members (excludes halogenated alkanes) is 3. The quantitative estimate of drug-likeness (QED) is 0.494. The molecule has 20 heavy (non-hydrogen) atoms. The van der Waals surface area contributed by atoms with Gasteiger partial charge >= 0.3 is 0 Å². The Balaban J connectivity index is 1.91. The van der Waals surface area contributed by atoms with Crippen molar-refractivity contribution in [3.05, 3.63) is 28.0 Å². The first-order valence-corrected chi connectivity index (χ1v) is 8.24. The molecule has 0 saturated heterocycles. The molecular weight excluding hydrogens is 288 g/mol. The second kappa shape index (κ2) is 7.28. The summed E-state index contributed by atoms with van der Waals surface area (Å²) in [6, 6.07) is 5.87. The summed E-state index contributed by atoms with van der Waals surface area (Å²) in [7, 11) is 0. The summed E-state index contributed by atoms with van der Waals surface area (Å²) in [5.74, 6) is 0.819. The summed E-state index contributed by atoms with van der Waals surface area (Å²) in [6.45, 7) is 5.55. The molecule has 0 unspecified atom stereocenters. The van der Waals surface area contributed by atoms with Crippen molar-refractivity contribution in [1.82, 2.24) is 9.55 Å². The summed E-state index contributed by atoms with van der Waals surface area (Å²) in [5, 5.41) is 0.761. The van der Waals surface area contributed by atoms with E-state index in [1.165, 1.54) is 32.1 Å². The fourth-order valence-corrected chi connectivity index (χ4v) is 2.99. The Labute approximate surface area is 131 Å². The SMILES string of the molecule is CC(C)CCCCCCn1c(=S)[nH]c2ccc(Cl)cc21. The van der Waals surface area contributed by atoms with Crippen molar-refractivity contribution in [3.63, 3.8) is 0 Å². The molecule has 110 valence electrons. The van der Waals surface area contributed by atoms with Crippen LogP contribution in [0.5, 0.6) is 0 Å². The molecule has 0 aliphatic carbocycles. The lowest BCUT2D eigenvalue weighted by Crippen LogP contribution is -1.98. The van der Waals surface area contributed by atoms with Gasteiger partial charge < -0.3 is 9.55 Å². The van der Waals surface area contributed by atoms with Crippen molar-refractivity contribution in [1.29, 1.82) is 0 Å². The van der Waals surface area contributed by atoms with Gasteiger partial charge in [-0.25, -0.2) is 0 Å². The van der Waals surface area contributed by atoms with Crippen LogP contribution >= 0.6 is 23.8 Å².